The van der Waals surface area contributed by atoms with Gasteiger partial charge < -0.3 is 4.74 Å². The minimum absolute atomic E-state index is 0.103. The molecule has 0 N–H and O–H groups in total. The zero-order valence-corrected chi connectivity index (χ0v) is 12.3. The van der Waals surface area contributed by atoms with Crippen LogP contribution in [0.2, 0.25) is 0 Å². The fourth-order valence-electron chi connectivity index (χ4n) is 5.62. The van der Waals surface area contributed by atoms with E-state index in [1.54, 1.807) is 11.8 Å². The highest BCUT2D eigenvalue weighted by atomic mass is 32.2. The summed E-state index contributed by atoms with van der Waals surface area (Å²) in [5, 5.41) is 0. The Kier molecular flexibility index (Phi) is 2.94. The molecule has 19 heavy (non-hydrogen) atoms. The quantitative estimate of drug-likeness (QED) is 0.342. The van der Waals surface area contributed by atoms with Crippen molar-refractivity contribution in [2.45, 2.75) is 19.3 Å². The molecule has 3 heteroatoms. The van der Waals surface area contributed by atoms with Crippen molar-refractivity contribution in [3.63, 3.8) is 0 Å². The Bertz CT molecular complexity index is 419. The smallest absolute Gasteiger partial charge is 0.309 e. The minimum Gasteiger partial charge on any atom is -0.465 e. The van der Waals surface area contributed by atoms with E-state index in [1.165, 1.54) is 12.8 Å². The average Bonchev–Trinajstić information content (AvgIpc) is 3.16. The highest BCUT2D eigenvalue weighted by Gasteiger charge is 2.62. The fraction of sp³-hybridized carbons (Fsp3) is 0.812. The van der Waals surface area contributed by atoms with Crippen LogP contribution in [0.25, 0.3) is 0 Å². The lowest BCUT2D eigenvalue weighted by Crippen LogP contribution is -2.35. The summed E-state index contributed by atoms with van der Waals surface area (Å²) in [6.45, 7) is 0.591. The lowest BCUT2D eigenvalue weighted by atomic mass is 9.69. The van der Waals surface area contributed by atoms with E-state index in [2.05, 4.69) is 18.4 Å². The van der Waals surface area contributed by atoms with Gasteiger partial charge in [0.2, 0.25) is 0 Å². The Morgan fingerprint density at radius 2 is 2.00 bits per heavy atom. The molecule has 0 aromatic rings. The highest BCUT2D eigenvalue weighted by molar-refractivity contribution is 7.98. The number of carbonyl (C=O) groups is 1. The number of rotatable bonds is 4. The zero-order chi connectivity index (χ0) is 13.0. The van der Waals surface area contributed by atoms with E-state index < -0.39 is 0 Å². The number of esters is 1. The number of allylic oxidation sites excluding steroid dienone is 2. The molecule has 0 spiro atoms. The number of fused-ring (bicyclic) bond motifs is 9. The Morgan fingerprint density at radius 3 is 2.79 bits per heavy atom. The molecule has 2 nitrogen and oxygen atoms in total. The maximum absolute atomic E-state index is 12.3. The summed E-state index contributed by atoms with van der Waals surface area (Å²) >= 11 is 1.74. The molecule has 0 heterocycles. The van der Waals surface area contributed by atoms with E-state index in [0.717, 1.165) is 41.8 Å². The first kappa shape index (κ1) is 12.3. The van der Waals surface area contributed by atoms with Crippen LogP contribution in [0.4, 0.5) is 0 Å². The number of carbonyl (C=O) groups excluding carboxylic acids is 1. The summed E-state index contributed by atoms with van der Waals surface area (Å²) in [6.07, 6.45) is 10.7. The summed E-state index contributed by atoms with van der Waals surface area (Å²) < 4.78 is 5.47. The van der Waals surface area contributed by atoms with Crippen LogP contribution in [-0.4, -0.2) is 24.6 Å². The number of thioether (sulfide) groups is 1. The summed E-state index contributed by atoms with van der Waals surface area (Å²) in [5.41, 5.74) is 0. The molecule has 4 aliphatic rings. The topological polar surface area (TPSA) is 26.3 Å². The van der Waals surface area contributed by atoms with Gasteiger partial charge in [0.1, 0.15) is 6.61 Å². The fourth-order valence-corrected chi connectivity index (χ4v) is 5.87. The number of ether oxygens (including phenoxy) is 1. The molecule has 0 radical (unpaired) electrons. The molecular weight excluding hydrogens is 256 g/mol. The monoisotopic (exact) mass is 278 g/mol. The van der Waals surface area contributed by atoms with Gasteiger partial charge in [0.05, 0.1) is 5.92 Å². The molecule has 0 saturated heterocycles. The van der Waals surface area contributed by atoms with Crippen molar-refractivity contribution < 1.29 is 9.53 Å². The highest BCUT2D eigenvalue weighted by Crippen LogP contribution is 2.67. The third-order valence-electron chi connectivity index (χ3n) is 6.10. The van der Waals surface area contributed by atoms with Crippen LogP contribution in [0, 0.1) is 41.4 Å². The van der Waals surface area contributed by atoms with Crippen LogP contribution in [0.1, 0.15) is 19.3 Å². The molecule has 104 valence electrons. The maximum Gasteiger partial charge on any atom is 0.309 e. The third kappa shape index (κ3) is 1.73. The van der Waals surface area contributed by atoms with Crippen molar-refractivity contribution >= 4 is 17.7 Å². The van der Waals surface area contributed by atoms with Gasteiger partial charge in [0.15, 0.2) is 0 Å². The number of hydrogen-bond donors (Lipinski definition) is 0. The molecule has 7 unspecified atom stereocenters. The van der Waals surface area contributed by atoms with Crippen molar-refractivity contribution in [1.82, 2.24) is 0 Å². The molecule has 0 amide bonds. The predicted octanol–water partition coefficient (Wildman–Crippen LogP) is 2.99. The molecular formula is C16H22O2S. The Morgan fingerprint density at radius 1 is 1.21 bits per heavy atom. The van der Waals surface area contributed by atoms with Gasteiger partial charge in [0.25, 0.3) is 0 Å². The van der Waals surface area contributed by atoms with Gasteiger partial charge in [-0.25, -0.2) is 0 Å². The number of hydrogen-bond acceptors (Lipinski definition) is 3. The minimum atomic E-state index is 0.103. The predicted molar refractivity (Wildman–Crippen MR) is 76.8 cm³/mol. The Balaban J connectivity index is 1.45. The van der Waals surface area contributed by atoms with Crippen molar-refractivity contribution in [2.24, 2.45) is 41.4 Å². The summed E-state index contributed by atoms with van der Waals surface area (Å²) in [6, 6.07) is 0. The first-order valence-electron chi connectivity index (χ1n) is 7.63. The van der Waals surface area contributed by atoms with Gasteiger partial charge in [-0.1, -0.05) is 12.2 Å². The molecule has 3 fully saturated rings. The van der Waals surface area contributed by atoms with Crippen LogP contribution >= 0.6 is 11.8 Å². The lowest BCUT2D eigenvalue weighted by molar-refractivity contribution is -0.151. The van der Waals surface area contributed by atoms with E-state index >= 15 is 0 Å². The third-order valence-corrected chi connectivity index (χ3v) is 6.68. The molecule has 0 aliphatic heterocycles. The van der Waals surface area contributed by atoms with Crippen LogP contribution in [0.3, 0.4) is 0 Å². The first-order valence-corrected chi connectivity index (χ1v) is 9.03. The van der Waals surface area contributed by atoms with Crippen molar-refractivity contribution in [2.75, 3.05) is 18.6 Å². The Hall–Kier alpha value is -0.440. The second-order valence-electron chi connectivity index (χ2n) is 6.77. The molecule has 7 atom stereocenters. The maximum atomic E-state index is 12.3. The standard InChI is InChI=1S/C16H22O2S/c1-19-5-4-18-16(17)13-8-11-7-12(13)15-10-3-2-9(6-10)14(11)15/h2-3,9-15H,4-8H2,1H3. The summed E-state index contributed by atoms with van der Waals surface area (Å²) in [4.78, 5) is 12.3. The van der Waals surface area contributed by atoms with Crippen LogP contribution in [0.5, 0.6) is 0 Å². The molecule has 0 aromatic heterocycles. The molecule has 0 aromatic carbocycles. The van der Waals surface area contributed by atoms with E-state index in [1.807, 2.05) is 0 Å². The Labute approximate surface area is 119 Å². The van der Waals surface area contributed by atoms with Gasteiger partial charge in [-0.05, 0) is 61.0 Å². The second kappa shape index (κ2) is 4.54. The average molecular weight is 278 g/mol. The molecule has 4 aliphatic carbocycles. The van der Waals surface area contributed by atoms with Crippen LogP contribution in [0.15, 0.2) is 12.2 Å². The summed E-state index contributed by atoms with van der Waals surface area (Å²) in [7, 11) is 0. The van der Waals surface area contributed by atoms with Crippen LogP contribution in [-0.2, 0) is 9.53 Å². The van der Waals surface area contributed by atoms with Crippen molar-refractivity contribution in [3.8, 4) is 0 Å². The van der Waals surface area contributed by atoms with Gasteiger partial charge in [0, 0.05) is 5.75 Å². The van der Waals surface area contributed by atoms with Crippen molar-refractivity contribution in [3.05, 3.63) is 12.2 Å². The van der Waals surface area contributed by atoms with Gasteiger partial charge in [-0.3, -0.25) is 4.79 Å². The molecule has 4 bridgehead atoms. The molecule has 4 rings (SSSR count). The summed E-state index contributed by atoms with van der Waals surface area (Å²) in [5.74, 6) is 6.05. The second-order valence-corrected chi connectivity index (χ2v) is 7.75. The lowest BCUT2D eigenvalue weighted by Gasteiger charge is -2.35. The molecule has 3 saturated carbocycles. The van der Waals surface area contributed by atoms with E-state index in [9.17, 15) is 4.79 Å². The van der Waals surface area contributed by atoms with Crippen LogP contribution < -0.4 is 0 Å². The van der Waals surface area contributed by atoms with E-state index in [4.69, 9.17) is 4.74 Å². The van der Waals surface area contributed by atoms with Gasteiger partial charge in [-0.2, -0.15) is 11.8 Å². The first-order chi connectivity index (χ1) is 9.29. The van der Waals surface area contributed by atoms with E-state index in [-0.39, 0.29) is 11.9 Å². The largest absolute Gasteiger partial charge is 0.465 e. The normalized spacial score (nSPS) is 48.8. The van der Waals surface area contributed by atoms with Gasteiger partial charge in [-0.15, -0.1) is 0 Å². The SMILES string of the molecule is CSCCOC(=O)C1CC2CC1C1C3C=CC(C3)C21. The van der Waals surface area contributed by atoms with Crippen molar-refractivity contribution in [1.29, 1.82) is 0 Å². The van der Waals surface area contributed by atoms with Gasteiger partial charge >= 0.3 is 5.97 Å². The van der Waals surface area contributed by atoms with E-state index in [0.29, 0.717) is 12.5 Å². The zero-order valence-electron chi connectivity index (χ0n) is 11.5.